The molecule has 1 aliphatic heterocycles. The van der Waals surface area contributed by atoms with Crippen molar-refractivity contribution in [2.24, 2.45) is 5.73 Å². The summed E-state index contributed by atoms with van der Waals surface area (Å²) in [6, 6.07) is 9.12. The van der Waals surface area contributed by atoms with Crippen molar-refractivity contribution in [3.63, 3.8) is 0 Å². The quantitative estimate of drug-likeness (QED) is 0.679. The van der Waals surface area contributed by atoms with Crippen molar-refractivity contribution in [2.45, 2.75) is 26.0 Å². The maximum Gasteiger partial charge on any atom is 0.359 e. The third-order valence-electron chi connectivity index (χ3n) is 4.23. The summed E-state index contributed by atoms with van der Waals surface area (Å²) in [5.41, 5.74) is 5.35. The smallest absolute Gasteiger partial charge is 0.359 e. The average Bonchev–Trinajstić information content (AvgIpc) is 2.72. The number of nitrogens with two attached hydrogens (primary N) is 1. The Labute approximate surface area is 165 Å². The predicted octanol–water partition coefficient (Wildman–Crippen LogP) is 0.0896. The van der Waals surface area contributed by atoms with E-state index in [-0.39, 0.29) is 17.8 Å². The fraction of sp³-hybridized carbons (Fsp3) is 0.316. The van der Waals surface area contributed by atoms with Crippen LogP contribution in [-0.2, 0) is 20.9 Å². The Morgan fingerprint density at radius 1 is 1.24 bits per heavy atom. The average molecular weight is 400 g/mol. The molecular formula is C19H20N4O6. The summed E-state index contributed by atoms with van der Waals surface area (Å²) in [5, 5.41) is 3.95. The van der Waals surface area contributed by atoms with E-state index in [0.717, 1.165) is 4.68 Å². The van der Waals surface area contributed by atoms with Crippen LogP contribution in [0.3, 0.4) is 0 Å². The minimum absolute atomic E-state index is 0.0803. The van der Waals surface area contributed by atoms with E-state index in [1.165, 1.54) is 17.0 Å². The highest BCUT2D eigenvalue weighted by Crippen LogP contribution is 2.33. The van der Waals surface area contributed by atoms with Crippen LogP contribution in [0.5, 0.6) is 5.75 Å². The molecular weight excluding hydrogens is 380 g/mol. The van der Waals surface area contributed by atoms with Gasteiger partial charge in [-0.1, -0.05) is 19.1 Å². The van der Waals surface area contributed by atoms with Gasteiger partial charge in [0.1, 0.15) is 5.75 Å². The number of carbonyl (C=O) groups is 3. The Morgan fingerprint density at radius 3 is 2.72 bits per heavy atom. The van der Waals surface area contributed by atoms with Gasteiger partial charge in [-0.3, -0.25) is 14.4 Å². The predicted molar refractivity (Wildman–Crippen MR) is 101 cm³/mol. The third kappa shape index (κ3) is 4.42. The van der Waals surface area contributed by atoms with Gasteiger partial charge in [-0.2, -0.15) is 5.10 Å². The molecule has 0 radical (unpaired) electrons. The summed E-state index contributed by atoms with van der Waals surface area (Å²) in [7, 11) is 0. The van der Waals surface area contributed by atoms with Gasteiger partial charge in [0.15, 0.2) is 18.4 Å². The molecule has 2 heterocycles. The van der Waals surface area contributed by atoms with Crippen LogP contribution in [0.4, 0.5) is 5.69 Å². The number of para-hydroxylation sites is 2. The molecule has 10 nitrogen and oxygen atoms in total. The van der Waals surface area contributed by atoms with Crippen LogP contribution in [0, 0.1) is 0 Å². The highest BCUT2D eigenvalue weighted by atomic mass is 16.5. The minimum atomic E-state index is -1.01. The van der Waals surface area contributed by atoms with Gasteiger partial charge in [-0.25, -0.2) is 9.48 Å². The molecule has 152 valence electrons. The third-order valence-corrected chi connectivity index (χ3v) is 4.23. The number of fused-ring (bicyclic) bond motifs is 1. The number of nitrogens with zero attached hydrogens (tertiary/aromatic N) is 3. The standard InChI is InChI=1S/C19H20N4O6/c1-2-9-23-16(24)8-7-12(21-23)19(27)28-11-17(25)22-10-15(18(20)26)29-14-6-4-3-5-13(14)22/h3-8,15H,2,9-11H2,1H3,(H2,20,26). The number of ether oxygens (including phenoxy) is 2. The van der Waals surface area contributed by atoms with Crippen molar-refractivity contribution in [1.29, 1.82) is 0 Å². The van der Waals surface area contributed by atoms with Crippen molar-refractivity contribution in [2.75, 3.05) is 18.1 Å². The van der Waals surface area contributed by atoms with Crippen LogP contribution in [0.15, 0.2) is 41.2 Å². The second-order valence-corrected chi connectivity index (χ2v) is 6.34. The maximum absolute atomic E-state index is 12.7. The van der Waals surface area contributed by atoms with Crippen molar-refractivity contribution in [3.05, 3.63) is 52.4 Å². The molecule has 0 saturated heterocycles. The highest BCUT2D eigenvalue weighted by Gasteiger charge is 2.33. The topological polar surface area (TPSA) is 134 Å². The van der Waals surface area contributed by atoms with E-state index < -0.39 is 30.5 Å². The van der Waals surface area contributed by atoms with Gasteiger partial charge < -0.3 is 20.1 Å². The molecule has 2 N–H and O–H groups in total. The number of anilines is 1. The lowest BCUT2D eigenvalue weighted by molar-refractivity contribution is -0.126. The number of aromatic nitrogens is 2. The first-order valence-corrected chi connectivity index (χ1v) is 9.01. The van der Waals surface area contributed by atoms with E-state index in [2.05, 4.69) is 5.10 Å². The van der Waals surface area contributed by atoms with Crippen LogP contribution in [0.1, 0.15) is 23.8 Å². The molecule has 0 bridgehead atoms. The van der Waals surface area contributed by atoms with Crippen molar-refractivity contribution < 1.29 is 23.9 Å². The Balaban J connectivity index is 1.72. The van der Waals surface area contributed by atoms with Crippen LogP contribution in [0.2, 0.25) is 0 Å². The van der Waals surface area contributed by atoms with Gasteiger partial charge in [0.25, 0.3) is 17.4 Å². The molecule has 0 aliphatic carbocycles. The van der Waals surface area contributed by atoms with Gasteiger partial charge in [0, 0.05) is 12.6 Å². The van der Waals surface area contributed by atoms with Gasteiger partial charge in [-0.15, -0.1) is 0 Å². The molecule has 1 unspecified atom stereocenters. The second-order valence-electron chi connectivity index (χ2n) is 6.34. The van der Waals surface area contributed by atoms with Crippen LogP contribution >= 0.6 is 0 Å². The Hall–Kier alpha value is -3.69. The lowest BCUT2D eigenvalue weighted by atomic mass is 10.2. The Morgan fingerprint density at radius 2 is 2.00 bits per heavy atom. The summed E-state index contributed by atoms with van der Waals surface area (Å²) >= 11 is 0. The molecule has 1 atom stereocenters. The van der Waals surface area contributed by atoms with E-state index in [1.807, 2.05) is 6.92 Å². The number of benzene rings is 1. The fourth-order valence-corrected chi connectivity index (χ4v) is 2.83. The van der Waals surface area contributed by atoms with Gasteiger partial charge >= 0.3 is 5.97 Å². The van der Waals surface area contributed by atoms with Crippen LogP contribution in [-0.4, -0.2) is 46.8 Å². The number of carbonyl (C=O) groups excluding carboxylic acids is 3. The molecule has 0 fully saturated rings. The summed E-state index contributed by atoms with van der Waals surface area (Å²) in [4.78, 5) is 49.4. The molecule has 2 amide bonds. The van der Waals surface area contributed by atoms with Gasteiger partial charge in [0.05, 0.1) is 12.2 Å². The second kappa shape index (κ2) is 8.55. The van der Waals surface area contributed by atoms with E-state index in [1.54, 1.807) is 24.3 Å². The first-order valence-electron chi connectivity index (χ1n) is 9.01. The first kappa shape index (κ1) is 20.1. The summed E-state index contributed by atoms with van der Waals surface area (Å²) in [6.45, 7) is 1.56. The van der Waals surface area contributed by atoms with E-state index >= 15 is 0 Å². The zero-order valence-corrected chi connectivity index (χ0v) is 15.7. The zero-order valence-electron chi connectivity index (χ0n) is 15.7. The number of rotatable bonds is 6. The fourth-order valence-electron chi connectivity index (χ4n) is 2.83. The molecule has 1 aromatic carbocycles. The minimum Gasteiger partial charge on any atom is -0.477 e. The first-order chi connectivity index (χ1) is 13.9. The molecule has 2 aromatic rings. The molecule has 29 heavy (non-hydrogen) atoms. The molecule has 10 heteroatoms. The Bertz CT molecular complexity index is 1000. The SMILES string of the molecule is CCCn1nc(C(=O)OCC(=O)N2CC(C(N)=O)Oc3ccccc32)ccc1=O. The van der Waals surface area contributed by atoms with Crippen molar-refractivity contribution in [1.82, 2.24) is 9.78 Å². The number of hydrogen-bond acceptors (Lipinski definition) is 7. The number of amides is 2. The molecule has 3 rings (SSSR count). The van der Waals surface area contributed by atoms with E-state index in [0.29, 0.717) is 24.4 Å². The maximum atomic E-state index is 12.7. The largest absolute Gasteiger partial charge is 0.477 e. The number of hydrogen-bond donors (Lipinski definition) is 1. The summed E-state index contributed by atoms with van der Waals surface area (Å²) in [6.07, 6.45) is -0.342. The molecule has 0 saturated carbocycles. The normalized spacial score (nSPS) is 15.2. The van der Waals surface area contributed by atoms with Crippen molar-refractivity contribution >= 4 is 23.5 Å². The van der Waals surface area contributed by atoms with E-state index in [4.69, 9.17) is 15.2 Å². The van der Waals surface area contributed by atoms with Gasteiger partial charge in [-0.05, 0) is 24.6 Å². The number of aryl methyl sites for hydroxylation is 1. The zero-order chi connectivity index (χ0) is 21.0. The molecule has 1 aromatic heterocycles. The van der Waals surface area contributed by atoms with Gasteiger partial charge in [0.2, 0.25) is 0 Å². The summed E-state index contributed by atoms with van der Waals surface area (Å²) in [5.74, 6) is -1.77. The number of esters is 1. The highest BCUT2D eigenvalue weighted by molar-refractivity contribution is 5.99. The summed E-state index contributed by atoms with van der Waals surface area (Å²) < 4.78 is 11.7. The monoisotopic (exact) mass is 400 g/mol. The van der Waals surface area contributed by atoms with Crippen LogP contribution in [0.25, 0.3) is 0 Å². The Kier molecular flexibility index (Phi) is 5.91. The lowest BCUT2D eigenvalue weighted by Crippen LogP contribution is -2.50. The molecule has 0 spiro atoms. The molecule has 1 aliphatic rings. The van der Waals surface area contributed by atoms with Crippen LogP contribution < -0.4 is 20.9 Å². The van der Waals surface area contributed by atoms with Crippen molar-refractivity contribution in [3.8, 4) is 5.75 Å². The number of primary amides is 1. The van der Waals surface area contributed by atoms with E-state index in [9.17, 15) is 19.2 Å². The lowest BCUT2D eigenvalue weighted by Gasteiger charge is -2.33.